The molecule has 0 bridgehead atoms. The van der Waals surface area contributed by atoms with Gasteiger partial charge >= 0.3 is 0 Å². The highest BCUT2D eigenvalue weighted by Gasteiger charge is 2.12. The maximum Gasteiger partial charge on any atom is 0.226 e. The molecule has 0 atom stereocenters. The molecular weight excluding hydrogens is 358 g/mol. The SMILES string of the molecule is O=C(CCc1ccccc1)Nc1nc2ccc(CN3CCOCC3)cc2s1. The number of benzene rings is 2. The number of thiazole rings is 1. The summed E-state index contributed by atoms with van der Waals surface area (Å²) in [6.07, 6.45) is 1.20. The molecular formula is C21H23N3O2S. The fourth-order valence-corrected chi connectivity index (χ4v) is 4.17. The summed E-state index contributed by atoms with van der Waals surface area (Å²) in [5.41, 5.74) is 3.38. The maximum atomic E-state index is 12.2. The second kappa shape index (κ2) is 8.61. The zero-order valence-corrected chi connectivity index (χ0v) is 16.0. The van der Waals surface area contributed by atoms with Gasteiger partial charge in [0.1, 0.15) is 0 Å². The van der Waals surface area contributed by atoms with Crippen molar-refractivity contribution in [1.82, 2.24) is 9.88 Å². The molecule has 0 unspecified atom stereocenters. The smallest absolute Gasteiger partial charge is 0.226 e. The highest BCUT2D eigenvalue weighted by Crippen LogP contribution is 2.27. The number of nitrogens with zero attached hydrogens (tertiary/aromatic N) is 2. The Morgan fingerprint density at radius 1 is 1.11 bits per heavy atom. The first-order valence-corrected chi connectivity index (χ1v) is 10.1. The van der Waals surface area contributed by atoms with Gasteiger partial charge in [-0.15, -0.1) is 0 Å². The highest BCUT2D eigenvalue weighted by atomic mass is 32.1. The lowest BCUT2D eigenvalue weighted by Gasteiger charge is -2.26. The number of hydrogen-bond donors (Lipinski definition) is 1. The molecule has 3 aromatic rings. The number of fused-ring (bicyclic) bond motifs is 1. The minimum atomic E-state index is 0.00597. The zero-order chi connectivity index (χ0) is 18.5. The van der Waals surface area contributed by atoms with Crippen molar-refractivity contribution in [2.75, 3.05) is 31.6 Å². The molecule has 2 aromatic carbocycles. The Bertz CT molecular complexity index is 904. The van der Waals surface area contributed by atoms with Gasteiger partial charge in [0, 0.05) is 26.1 Å². The lowest BCUT2D eigenvalue weighted by molar-refractivity contribution is -0.116. The number of ether oxygens (including phenoxy) is 1. The van der Waals surface area contributed by atoms with Crippen molar-refractivity contribution >= 4 is 32.6 Å². The second-order valence-electron chi connectivity index (χ2n) is 6.74. The number of nitrogens with one attached hydrogen (secondary N) is 1. The van der Waals surface area contributed by atoms with Gasteiger partial charge in [-0.1, -0.05) is 47.7 Å². The maximum absolute atomic E-state index is 12.2. The number of rotatable bonds is 6. The van der Waals surface area contributed by atoms with Crippen LogP contribution in [-0.2, 0) is 22.5 Å². The van der Waals surface area contributed by atoms with E-state index in [1.807, 2.05) is 36.4 Å². The summed E-state index contributed by atoms with van der Waals surface area (Å²) in [6.45, 7) is 4.49. The summed E-state index contributed by atoms with van der Waals surface area (Å²) >= 11 is 1.54. The molecule has 1 amide bonds. The van der Waals surface area contributed by atoms with Crippen LogP contribution >= 0.6 is 11.3 Å². The molecule has 140 valence electrons. The number of carbonyl (C=O) groups excluding carboxylic acids is 1. The van der Waals surface area contributed by atoms with Gasteiger partial charge < -0.3 is 10.1 Å². The monoisotopic (exact) mass is 381 g/mol. The molecule has 1 aromatic heterocycles. The van der Waals surface area contributed by atoms with Crippen LogP contribution in [0.15, 0.2) is 48.5 Å². The van der Waals surface area contributed by atoms with E-state index in [0.29, 0.717) is 11.6 Å². The first-order chi connectivity index (χ1) is 13.3. The number of morpholine rings is 1. The number of aryl methyl sites for hydroxylation is 1. The molecule has 2 heterocycles. The lowest BCUT2D eigenvalue weighted by Crippen LogP contribution is -2.35. The van der Waals surface area contributed by atoms with Crippen LogP contribution in [0, 0.1) is 0 Å². The summed E-state index contributed by atoms with van der Waals surface area (Å²) in [4.78, 5) is 19.2. The van der Waals surface area contributed by atoms with Crippen LogP contribution in [0.25, 0.3) is 10.2 Å². The van der Waals surface area contributed by atoms with Gasteiger partial charge in [0.15, 0.2) is 5.13 Å². The van der Waals surface area contributed by atoms with Crippen molar-refractivity contribution in [2.24, 2.45) is 0 Å². The van der Waals surface area contributed by atoms with Gasteiger partial charge in [0.25, 0.3) is 0 Å². The molecule has 6 heteroatoms. The molecule has 1 N–H and O–H groups in total. The molecule has 0 aliphatic carbocycles. The Morgan fingerprint density at radius 3 is 2.74 bits per heavy atom. The Hall–Kier alpha value is -2.28. The van der Waals surface area contributed by atoms with Crippen LogP contribution in [0.4, 0.5) is 5.13 Å². The van der Waals surface area contributed by atoms with E-state index in [2.05, 4.69) is 27.3 Å². The molecule has 0 saturated carbocycles. The fourth-order valence-electron chi connectivity index (χ4n) is 3.22. The number of carbonyl (C=O) groups is 1. The number of aromatic nitrogens is 1. The van der Waals surface area contributed by atoms with Gasteiger partial charge in [0.2, 0.25) is 5.91 Å². The van der Waals surface area contributed by atoms with Crippen molar-refractivity contribution in [3.63, 3.8) is 0 Å². The zero-order valence-electron chi connectivity index (χ0n) is 15.2. The second-order valence-corrected chi connectivity index (χ2v) is 7.77. The van der Waals surface area contributed by atoms with Crippen LogP contribution in [0.1, 0.15) is 17.5 Å². The molecule has 1 aliphatic heterocycles. The summed E-state index contributed by atoms with van der Waals surface area (Å²) in [5, 5.41) is 3.62. The molecule has 0 radical (unpaired) electrons. The minimum Gasteiger partial charge on any atom is -0.379 e. The molecule has 4 rings (SSSR count). The predicted octanol–water partition coefficient (Wildman–Crippen LogP) is 3.70. The lowest BCUT2D eigenvalue weighted by atomic mass is 10.1. The summed E-state index contributed by atoms with van der Waals surface area (Å²) in [7, 11) is 0. The van der Waals surface area contributed by atoms with Crippen LogP contribution in [0.2, 0.25) is 0 Å². The number of anilines is 1. The van der Waals surface area contributed by atoms with Crippen LogP contribution in [0.5, 0.6) is 0 Å². The van der Waals surface area contributed by atoms with Crippen molar-refractivity contribution in [3.05, 3.63) is 59.7 Å². The van der Waals surface area contributed by atoms with E-state index in [1.54, 1.807) is 0 Å². The van der Waals surface area contributed by atoms with E-state index in [9.17, 15) is 4.79 Å². The Balaban J connectivity index is 1.36. The summed E-state index contributed by atoms with van der Waals surface area (Å²) in [6, 6.07) is 16.4. The fraction of sp³-hybridized carbons (Fsp3) is 0.333. The first kappa shape index (κ1) is 18.1. The number of hydrogen-bond acceptors (Lipinski definition) is 5. The van der Waals surface area contributed by atoms with Gasteiger partial charge in [-0.05, 0) is 29.7 Å². The van der Waals surface area contributed by atoms with Gasteiger partial charge in [-0.2, -0.15) is 0 Å². The van der Waals surface area contributed by atoms with Gasteiger partial charge in [-0.25, -0.2) is 4.98 Å². The molecule has 27 heavy (non-hydrogen) atoms. The van der Waals surface area contributed by atoms with Gasteiger partial charge in [0.05, 0.1) is 23.4 Å². The van der Waals surface area contributed by atoms with E-state index in [-0.39, 0.29) is 5.91 Å². The third kappa shape index (κ3) is 4.91. The van der Waals surface area contributed by atoms with E-state index >= 15 is 0 Å². The minimum absolute atomic E-state index is 0.00597. The third-order valence-corrected chi connectivity index (χ3v) is 5.63. The molecule has 0 spiro atoms. The van der Waals surface area contributed by atoms with Crippen LogP contribution < -0.4 is 5.32 Å². The standard InChI is InChI=1S/C21H23N3O2S/c25-20(9-7-16-4-2-1-3-5-16)23-21-22-18-8-6-17(14-19(18)27-21)15-24-10-12-26-13-11-24/h1-6,8,14H,7,9-13,15H2,(H,22,23,25). The average Bonchev–Trinajstić information content (AvgIpc) is 3.09. The average molecular weight is 382 g/mol. The largest absolute Gasteiger partial charge is 0.379 e. The normalized spacial score (nSPS) is 15.1. The Morgan fingerprint density at radius 2 is 1.93 bits per heavy atom. The quantitative estimate of drug-likeness (QED) is 0.707. The van der Waals surface area contributed by atoms with Crippen molar-refractivity contribution < 1.29 is 9.53 Å². The van der Waals surface area contributed by atoms with Crippen LogP contribution in [0.3, 0.4) is 0 Å². The molecule has 1 fully saturated rings. The van der Waals surface area contributed by atoms with Crippen molar-refractivity contribution in [1.29, 1.82) is 0 Å². The molecule has 1 saturated heterocycles. The van der Waals surface area contributed by atoms with Crippen molar-refractivity contribution in [2.45, 2.75) is 19.4 Å². The molecule has 1 aliphatic rings. The van der Waals surface area contributed by atoms with E-state index in [0.717, 1.165) is 49.5 Å². The summed E-state index contributed by atoms with van der Waals surface area (Å²) in [5.74, 6) is 0.00597. The first-order valence-electron chi connectivity index (χ1n) is 9.29. The Kier molecular flexibility index (Phi) is 5.77. The highest BCUT2D eigenvalue weighted by molar-refractivity contribution is 7.22. The predicted molar refractivity (Wildman–Crippen MR) is 109 cm³/mol. The third-order valence-electron chi connectivity index (χ3n) is 4.69. The van der Waals surface area contributed by atoms with E-state index in [4.69, 9.17) is 4.74 Å². The molecule has 5 nitrogen and oxygen atoms in total. The Labute approximate surface area is 163 Å². The van der Waals surface area contributed by atoms with Gasteiger partial charge in [-0.3, -0.25) is 9.69 Å². The number of amides is 1. The van der Waals surface area contributed by atoms with Crippen LogP contribution in [-0.4, -0.2) is 42.1 Å². The van der Waals surface area contributed by atoms with E-state index < -0.39 is 0 Å². The van der Waals surface area contributed by atoms with Crippen molar-refractivity contribution in [3.8, 4) is 0 Å². The van der Waals surface area contributed by atoms with E-state index in [1.165, 1.54) is 22.5 Å². The topological polar surface area (TPSA) is 54.5 Å². The summed E-state index contributed by atoms with van der Waals surface area (Å²) < 4.78 is 6.52.